The van der Waals surface area contributed by atoms with Crippen LogP contribution in [0.15, 0.2) is 18.2 Å². The molecule has 0 saturated heterocycles. The lowest BCUT2D eigenvalue weighted by molar-refractivity contribution is -0.122. The van der Waals surface area contributed by atoms with E-state index in [0.717, 1.165) is 17.7 Å². The molecule has 1 rings (SSSR count). The van der Waals surface area contributed by atoms with Crippen LogP contribution in [-0.4, -0.2) is 39.3 Å². The number of ether oxygens (including phenoxy) is 2. The first kappa shape index (κ1) is 17.0. The molecule has 0 unspecified atom stereocenters. The van der Waals surface area contributed by atoms with Gasteiger partial charge in [0.05, 0.1) is 12.7 Å². The molecule has 0 heterocycles. The molecule has 2 N–H and O–H groups in total. The highest BCUT2D eigenvalue weighted by atomic mass is 16.5. The van der Waals surface area contributed by atoms with Crippen LogP contribution in [0.3, 0.4) is 0 Å². The van der Waals surface area contributed by atoms with Crippen LogP contribution >= 0.6 is 0 Å². The van der Waals surface area contributed by atoms with E-state index in [1.54, 1.807) is 7.11 Å². The Balaban J connectivity index is 2.55. The standard InChI is InChI=1S/C15H21N3O3/c1-12-3-4-14(21-11-15(19)18-6-5-16)13(9-12)10-17-7-8-20-2/h3-4,9,17H,6-8,10-11H2,1-2H3,(H,18,19). The number of aryl methyl sites for hydroxylation is 1. The van der Waals surface area contributed by atoms with Crippen molar-refractivity contribution in [2.75, 3.05) is 33.4 Å². The Morgan fingerprint density at radius 1 is 1.43 bits per heavy atom. The van der Waals surface area contributed by atoms with Crippen molar-refractivity contribution in [1.82, 2.24) is 10.6 Å². The van der Waals surface area contributed by atoms with E-state index in [0.29, 0.717) is 18.9 Å². The number of carbonyl (C=O) groups is 1. The Hall–Kier alpha value is -2.10. The monoisotopic (exact) mass is 291 g/mol. The quantitative estimate of drug-likeness (QED) is 0.518. The van der Waals surface area contributed by atoms with Crippen LogP contribution in [-0.2, 0) is 16.1 Å². The fourth-order valence-corrected chi connectivity index (χ4v) is 1.72. The van der Waals surface area contributed by atoms with E-state index >= 15 is 0 Å². The normalized spacial score (nSPS) is 9.95. The van der Waals surface area contributed by atoms with Gasteiger partial charge in [0.25, 0.3) is 5.91 Å². The molecule has 1 amide bonds. The topological polar surface area (TPSA) is 83.4 Å². The molecule has 0 radical (unpaired) electrons. The molecule has 0 aliphatic rings. The van der Waals surface area contributed by atoms with Gasteiger partial charge in [0.2, 0.25) is 0 Å². The predicted octanol–water partition coefficient (Wildman–Crippen LogP) is 0.750. The van der Waals surface area contributed by atoms with Crippen molar-refractivity contribution >= 4 is 5.91 Å². The second-order valence-corrected chi connectivity index (χ2v) is 4.50. The van der Waals surface area contributed by atoms with E-state index < -0.39 is 0 Å². The molecular formula is C15H21N3O3. The molecule has 0 atom stereocenters. The lowest BCUT2D eigenvalue weighted by Crippen LogP contribution is -2.29. The van der Waals surface area contributed by atoms with Crippen molar-refractivity contribution < 1.29 is 14.3 Å². The first-order chi connectivity index (χ1) is 10.2. The van der Waals surface area contributed by atoms with E-state index in [-0.39, 0.29) is 19.1 Å². The first-order valence-electron chi connectivity index (χ1n) is 6.73. The van der Waals surface area contributed by atoms with Gasteiger partial charge in [-0.2, -0.15) is 5.26 Å². The van der Waals surface area contributed by atoms with Crippen LogP contribution in [0.4, 0.5) is 0 Å². The zero-order chi connectivity index (χ0) is 15.5. The molecule has 0 fully saturated rings. The number of hydrogen-bond acceptors (Lipinski definition) is 5. The molecule has 0 aliphatic heterocycles. The summed E-state index contributed by atoms with van der Waals surface area (Å²) in [5.41, 5.74) is 2.11. The van der Waals surface area contributed by atoms with Crippen molar-refractivity contribution in [1.29, 1.82) is 5.26 Å². The summed E-state index contributed by atoms with van der Waals surface area (Å²) in [5, 5.41) is 14.1. The number of benzene rings is 1. The minimum atomic E-state index is -0.310. The number of methoxy groups -OCH3 is 1. The van der Waals surface area contributed by atoms with Gasteiger partial charge in [-0.15, -0.1) is 0 Å². The number of nitrogens with zero attached hydrogens (tertiary/aromatic N) is 1. The van der Waals surface area contributed by atoms with Gasteiger partial charge in [0, 0.05) is 25.8 Å². The first-order valence-corrected chi connectivity index (χ1v) is 6.73. The molecule has 0 spiro atoms. The Bertz CT molecular complexity index is 497. The van der Waals surface area contributed by atoms with Crippen LogP contribution in [0, 0.1) is 18.3 Å². The van der Waals surface area contributed by atoms with Crippen molar-refractivity contribution in [3.63, 3.8) is 0 Å². The average Bonchev–Trinajstić information content (AvgIpc) is 2.48. The Kier molecular flexibility index (Phi) is 7.87. The summed E-state index contributed by atoms with van der Waals surface area (Å²) in [5.74, 6) is 0.355. The van der Waals surface area contributed by atoms with Crippen molar-refractivity contribution in [2.45, 2.75) is 13.5 Å². The van der Waals surface area contributed by atoms with Gasteiger partial charge in [-0.1, -0.05) is 17.7 Å². The highest BCUT2D eigenvalue weighted by Crippen LogP contribution is 2.19. The van der Waals surface area contributed by atoms with Gasteiger partial charge in [0.1, 0.15) is 12.3 Å². The second-order valence-electron chi connectivity index (χ2n) is 4.50. The molecular weight excluding hydrogens is 270 g/mol. The SMILES string of the molecule is COCCNCc1cc(C)ccc1OCC(=O)NCC#N. The zero-order valence-corrected chi connectivity index (χ0v) is 12.4. The van der Waals surface area contributed by atoms with Gasteiger partial charge in [-0.25, -0.2) is 0 Å². The molecule has 1 aromatic rings. The summed E-state index contributed by atoms with van der Waals surface area (Å²) in [6.07, 6.45) is 0. The molecule has 0 bridgehead atoms. The number of hydrogen-bond donors (Lipinski definition) is 2. The van der Waals surface area contributed by atoms with Crippen LogP contribution < -0.4 is 15.4 Å². The fraction of sp³-hybridized carbons (Fsp3) is 0.467. The van der Waals surface area contributed by atoms with E-state index in [4.69, 9.17) is 14.7 Å². The summed E-state index contributed by atoms with van der Waals surface area (Å²) in [6.45, 7) is 3.91. The van der Waals surface area contributed by atoms with E-state index in [2.05, 4.69) is 10.6 Å². The maximum atomic E-state index is 11.4. The summed E-state index contributed by atoms with van der Waals surface area (Å²) in [7, 11) is 1.66. The van der Waals surface area contributed by atoms with Crippen molar-refractivity contribution in [3.8, 4) is 11.8 Å². The van der Waals surface area contributed by atoms with E-state index in [1.165, 1.54) is 0 Å². The number of amides is 1. The Labute approximate surface area is 125 Å². The number of nitrogens with one attached hydrogen (secondary N) is 2. The fourth-order valence-electron chi connectivity index (χ4n) is 1.72. The van der Waals surface area contributed by atoms with Gasteiger partial charge in [-0.3, -0.25) is 4.79 Å². The molecule has 0 saturated carbocycles. The van der Waals surface area contributed by atoms with Gasteiger partial charge in [-0.05, 0) is 13.0 Å². The smallest absolute Gasteiger partial charge is 0.258 e. The van der Waals surface area contributed by atoms with Gasteiger partial charge in [0.15, 0.2) is 6.61 Å². The van der Waals surface area contributed by atoms with Gasteiger partial charge < -0.3 is 20.1 Å². The summed E-state index contributed by atoms with van der Waals surface area (Å²) < 4.78 is 10.5. The third kappa shape index (κ3) is 6.75. The molecule has 6 nitrogen and oxygen atoms in total. The lowest BCUT2D eigenvalue weighted by Gasteiger charge is -2.13. The maximum Gasteiger partial charge on any atom is 0.258 e. The Morgan fingerprint density at radius 3 is 2.95 bits per heavy atom. The Morgan fingerprint density at radius 2 is 2.24 bits per heavy atom. The zero-order valence-electron chi connectivity index (χ0n) is 12.4. The second kappa shape index (κ2) is 9.75. The predicted molar refractivity (Wildman–Crippen MR) is 78.9 cm³/mol. The number of rotatable bonds is 9. The molecule has 0 aromatic heterocycles. The van der Waals surface area contributed by atoms with Crippen LogP contribution in [0.25, 0.3) is 0 Å². The van der Waals surface area contributed by atoms with Crippen LogP contribution in [0.1, 0.15) is 11.1 Å². The third-order valence-corrected chi connectivity index (χ3v) is 2.74. The number of nitriles is 1. The van der Waals surface area contributed by atoms with Crippen LogP contribution in [0.2, 0.25) is 0 Å². The molecule has 114 valence electrons. The number of carbonyl (C=O) groups excluding carboxylic acids is 1. The van der Waals surface area contributed by atoms with E-state index in [1.807, 2.05) is 31.2 Å². The molecule has 1 aromatic carbocycles. The highest BCUT2D eigenvalue weighted by molar-refractivity contribution is 5.77. The average molecular weight is 291 g/mol. The third-order valence-electron chi connectivity index (χ3n) is 2.74. The van der Waals surface area contributed by atoms with E-state index in [9.17, 15) is 4.79 Å². The van der Waals surface area contributed by atoms with Gasteiger partial charge >= 0.3 is 0 Å². The van der Waals surface area contributed by atoms with Crippen molar-refractivity contribution in [3.05, 3.63) is 29.3 Å². The molecule has 0 aliphatic carbocycles. The minimum Gasteiger partial charge on any atom is -0.483 e. The lowest BCUT2D eigenvalue weighted by atomic mass is 10.1. The summed E-state index contributed by atoms with van der Waals surface area (Å²) >= 11 is 0. The largest absolute Gasteiger partial charge is 0.483 e. The molecule has 6 heteroatoms. The summed E-state index contributed by atoms with van der Waals surface area (Å²) in [6, 6.07) is 7.64. The molecule has 21 heavy (non-hydrogen) atoms. The van der Waals surface area contributed by atoms with Crippen molar-refractivity contribution in [2.24, 2.45) is 0 Å². The van der Waals surface area contributed by atoms with Crippen LogP contribution in [0.5, 0.6) is 5.75 Å². The maximum absolute atomic E-state index is 11.4. The summed E-state index contributed by atoms with van der Waals surface area (Å²) in [4.78, 5) is 11.4. The minimum absolute atomic E-state index is 0.0124. The highest BCUT2D eigenvalue weighted by Gasteiger charge is 2.07.